The van der Waals surface area contributed by atoms with Gasteiger partial charge in [0.1, 0.15) is 5.60 Å². The van der Waals surface area contributed by atoms with Gasteiger partial charge < -0.3 is 15.4 Å². The number of hydrogen-bond donors (Lipinski definition) is 1. The minimum atomic E-state index is -0.0538. The number of hydrogen-bond acceptors (Lipinski definition) is 4. The first-order chi connectivity index (χ1) is 6.54. The summed E-state index contributed by atoms with van der Waals surface area (Å²) >= 11 is 1.76. The van der Waals surface area contributed by atoms with E-state index in [1.807, 2.05) is 13.2 Å². The molecule has 0 saturated carbocycles. The fraction of sp³-hybridized carbons (Fsp3) is 0.800. The highest BCUT2D eigenvalue weighted by Crippen LogP contribution is 2.29. The molecule has 2 atom stereocenters. The van der Waals surface area contributed by atoms with Gasteiger partial charge in [-0.3, -0.25) is 0 Å². The number of likely N-dealkylation sites (N-methyl/N-ethyl adjacent to an activating group) is 1. The van der Waals surface area contributed by atoms with Crippen molar-refractivity contribution in [3.63, 3.8) is 0 Å². The summed E-state index contributed by atoms with van der Waals surface area (Å²) in [5.41, 5.74) is 5.68. The zero-order chi connectivity index (χ0) is 10.6. The molecule has 0 aromatic heterocycles. The van der Waals surface area contributed by atoms with Gasteiger partial charge in [-0.25, -0.2) is 0 Å². The molecule has 0 aliphatic carbocycles. The topological polar surface area (TPSA) is 38.5 Å². The van der Waals surface area contributed by atoms with E-state index in [0.29, 0.717) is 0 Å². The Labute approximate surface area is 90.7 Å². The van der Waals surface area contributed by atoms with Gasteiger partial charge in [-0.2, -0.15) is 0 Å². The van der Waals surface area contributed by atoms with Crippen molar-refractivity contribution >= 4 is 11.8 Å². The molecule has 1 heterocycles. The molecular formula is C10H20N2OS. The van der Waals surface area contributed by atoms with E-state index in [-0.39, 0.29) is 11.0 Å². The van der Waals surface area contributed by atoms with Gasteiger partial charge >= 0.3 is 0 Å². The summed E-state index contributed by atoms with van der Waals surface area (Å²) in [7, 11) is 4.14. The second-order valence-electron chi connectivity index (χ2n) is 4.13. The Balaban J connectivity index is 2.45. The van der Waals surface area contributed by atoms with Crippen molar-refractivity contribution < 1.29 is 4.74 Å². The molecule has 0 bridgehead atoms. The largest absolute Gasteiger partial charge is 0.493 e. The van der Waals surface area contributed by atoms with Gasteiger partial charge in [0.05, 0.1) is 6.26 Å². The monoisotopic (exact) mass is 216 g/mol. The van der Waals surface area contributed by atoms with Crippen LogP contribution in [0.25, 0.3) is 0 Å². The summed E-state index contributed by atoms with van der Waals surface area (Å²) in [6.07, 6.45) is 4.89. The fourth-order valence-corrected chi connectivity index (χ4v) is 2.45. The van der Waals surface area contributed by atoms with Crippen LogP contribution >= 0.6 is 11.8 Å². The molecule has 2 unspecified atom stereocenters. The van der Waals surface area contributed by atoms with E-state index in [2.05, 4.69) is 25.1 Å². The first-order valence-corrected chi connectivity index (χ1v) is 5.94. The number of nitrogens with zero attached hydrogens (tertiary/aromatic N) is 1. The lowest BCUT2D eigenvalue weighted by molar-refractivity contribution is 0.0422. The lowest BCUT2D eigenvalue weighted by Crippen LogP contribution is -2.42. The lowest BCUT2D eigenvalue weighted by atomic mass is 10.0. The van der Waals surface area contributed by atoms with Crippen molar-refractivity contribution in [1.29, 1.82) is 0 Å². The van der Waals surface area contributed by atoms with Crippen LogP contribution in [0.15, 0.2) is 12.3 Å². The molecule has 1 aliphatic rings. The van der Waals surface area contributed by atoms with Crippen LogP contribution in [0, 0.1) is 0 Å². The molecule has 82 valence electrons. The van der Waals surface area contributed by atoms with Crippen molar-refractivity contribution in [3.05, 3.63) is 12.3 Å². The van der Waals surface area contributed by atoms with E-state index in [1.54, 1.807) is 11.8 Å². The van der Waals surface area contributed by atoms with Crippen molar-refractivity contribution in [3.8, 4) is 0 Å². The molecule has 1 aliphatic heterocycles. The van der Waals surface area contributed by atoms with Crippen molar-refractivity contribution in [2.45, 2.75) is 24.3 Å². The van der Waals surface area contributed by atoms with Crippen molar-refractivity contribution in [2.24, 2.45) is 5.73 Å². The summed E-state index contributed by atoms with van der Waals surface area (Å²) < 4.78 is 5.70. The molecule has 0 saturated heterocycles. The lowest BCUT2D eigenvalue weighted by Gasteiger charge is -2.31. The molecule has 1 rings (SSSR count). The van der Waals surface area contributed by atoms with Crippen LogP contribution in [0.2, 0.25) is 0 Å². The molecule has 4 heteroatoms. The third kappa shape index (κ3) is 3.52. The molecule has 0 fully saturated rings. The van der Waals surface area contributed by atoms with E-state index >= 15 is 0 Å². The van der Waals surface area contributed by atoms with Crippen LogP contribution in [0.4, 0.5) is 0 Å². The number of nitrogens with two attached hydrogens (primary N) is 1. The molecule has 0 amide bonds. The third-order valence-corrected chi connectivity index (χ3v) is 3.34. The number of rotatable bonds is 5. The highest BCUT2D eigenvalue weighted by molar-refractivity contribution is 7.99. The third-order valence-electron chi connectivity index (χ3n) is 2.12. The maximum Gasteiger partial charge on any atom is 0.133 e. The van der Waals surface area contributed by atoms with Gasteiger partial charge in [0.2, 0.25) is 0 Å². The summed E-state index contributed by atoms with van der Waals surface area (Å²) in [6, 6.07) is 0. The van der Waals surface area contributed by atoms with Crippen molar-refractivity contribution in [1.82, 2.24) is 4.90 Å². The van der Waals surface area contributed by atoms with Crippen LogP contribution in [-0.2, 0) is 4.74 Å². The molecule has 3 nitrogen and oxygen atoms in total. The summed E-state index contributed by atoms with van der Waals surface area (Å²) in [6.45, 7) is 2.95. The quantitative estimate of drug-likeness (QED) is 0.702. The maximum absolute atomic E-state index is 5.73. The van der Waals surface area contributed by atoms with Gasteiger partial charge in [0.25, 0.3) is 0 Å². The zero-order valence-corrected chi connectivity index (χ0v) is 10.0. The van der Waals surface area contributed by atoms with Gasteiger partial charge in [-0.05, 0) is 27.1 Å². The van der Waals surface area contributed by atoms with Gasteiger partial charge in [-0.15, -0.1) is 11.8 Å². The second-order valence-corrected chi connectivity index (χ2v) is 5.50. The average molecular weight is 216 g/mol. The zero-order valence-electron chi connectivity index (χ0n) is 9.19. The average Bonchev–Trinajstić information content (AvgIpc) is 2.49. The Morgan fingerprint density at radius 3 is 2.79 bits per heavy atom. The van der Waals surface area contributed by atoms with E-state index in [1.165, 1.54) is 0 Å². The Bertz CT molecular complexity index is 196. The number of ether oxygens (including phenoxy) is 1. The predicted octanol–water partition coefficient (Wildman–Crippen LogP) is 1.26. The first kappa shape index (κ1) is 11.9. The molecule has 0 spiro atoms. The summed E-state index contributed by atoms with van der Waals surface area (Å²) in [4.78, 5) is 2.16. The van der Waals surface area contributed by atoms with Crippen LogP contribution in [-0.4, -0.2) is 42.3 Å². The van der Waals surface area contributed by atoms with Crippen LogP contribution in [0.1, 0.15) is 13.3 Å². The van der Waals surface area contributed by atoms with E-state index in [0.717, 1.165) is 18.7 Å². The highest BCUT2D eigenvalue weighted by Gasteiger charge is 2.34. The van der Waals surface area contributed by atoms with E-state index in [4.69, 9.17) is 10.5 Å². The normalized spacial score (nSPS) is 28.1. The summed E-state index contributed by atoms with van der Waals surface area (Å²) in [5, 5.41) is 0.179. The summed E-state index contributed by atoms with van der Waals surface area (Å²) in [5.74, 6) is 0.954. The fourth-order valence-electron chi connectivity index (χ4n) is 1.60. The van der Waals surface area contributed by atoms with E-state index < -0.39 is 0 Å². The molecule has 0 aromatic rings. The second kappa shape index (κ2) is 5.05. The molecule has 0 radical (unpaired) electrons. The molecule has 14 heavy (non-hydrogen) atoms. The minimum Gasteiger partial charge on any atom is -0.493 e. The Morgan fingerprint density at radius 1 is 1.64 bits per heavy atom. The van der Waals surface area contributed by atoms with Crippen LogP contribution in [0.5, 0.6) is 0 Å². The Morgan fingerprint density at radius 2 is 2.36 bits per heavy atom. The van der Waals surface area contributed by atoms with E-state index in [9.17, 15) is 0 Å². The first-order valence-electron chi connectivity index (χ1n) is 4.89. The highest BCUT2D eigenvalue weighted by atomic mass is 32.2. The standard InChI is InChI=1S/C10H20N2OS/c1-9(11)14-8-10(7-12(2)3)5-4-6-13-10/h4,6,9H,5,7-8,11H2,1-3H3. The minimum absolute atomic E-state index is 0.0538. The van der Waals surface area contributed by atoms with Crippen molar-refractivity contribution in [2.75, 3.05) is 26.4 Å². The SMILES string of the molecule is CC(N)SCC1(CN(C)C)CC=CO1. The molecule has 0 aromatic carbocycles. The van der Waals surface area contributed by atoms with Gasteiger partial charge in [-0.1, -0.05) is 0 Å². The Kier molecular flexibility index (Phi) is 4.29. The maximum atomic E-state index is 5.73. The van der Waals surface area contributed by atoms with Crippen LogP contribution < -0.4 is 5.73 Å². The predicted molar refractivity (Wildman–Crippen MR) is 62.2 cm³/mol. The van der Waals surface area contributed by atoms with Crippen LogP contribution in [0.3, 0.4) is 0 Å². The molecular weight excluding hydrogens is 196 g/mol. The number of thioether (sulfide) groups is 1. The molecule has 2 N–H and O–H groups in total. The smallest absolute Gasteiger partial charge is 0.133 e. The Hall–Kier alpha value is -0.190. The van der Waals surface area contributed by atoms with Gasteiger partial charge in [0.15, 0.2) is 0 Å². The van der Waals surface area contributed by atoms with Gasteiger partial charge in [0, 0.05) is 24.1 Å².